The van der Waals surface area contributed by atoms with Crippen LogP contribution >= 0.6 is 0 Å². The van der Waals surface area contributed by atoms with Gasteiger partial charge in [0.05, 0.1) is 29.6 Å². The lowest BCUT2D eigenvalue weighted by Gasteiger charge is -2.35. The number of benzene rings is 2. The van der Waals surface area contributed by atoms with Gasteiger partial charge in [0.15, 0.2) is 11.5 Å². The number of rotatable bonds is 6. The first kappa shape index (κ1) is 23.9. The molecule has 4 rings (SSSR count). The molecular weight excluding hydrogens is 456 g/mol. The Morgan fingerprint density at radius 2 is 1.56 bits per heavy atom. The highest BCUT2D eigenvalue weighted by Gasteiger charge is 2.31. The van der Waals surface area contributed by atoms with Gasteiger partial charge >= 0.3 is 5.97 Å². The zero-order valence-corrected chi connectivity index (χ0v) is 20.6. The summed E-state index contributed by atoms with van der Waals surface area (Å²) >= 11 is 0. The highest BCUT2D eigenvalue weighted by atomic mass is 32.2. The van der Waals surface area contributed by atoms with Gasteiger partial charge in [-0.3, -0.25) is 0 Å². The molecule has 0 atom stereocenters. The van der Waals surface area contributed by atoms with Gasteiger partial charge in [-0.25, -0.2) is 23.2 Å². The molecule has 1 aliphatic rings. The highest BCUT2D eigenvalue weighted by Crippen LogP contribution is 2.26. The maximum atomic E-state index is 13.1. The molecule has 1 fully saturated rings. The van der Waals surface area contributed by atoms with E-state index in [1.54, 1.807) is 31.2 Å². The zero-order chi connectivity index (χ0) is 24.5. The fraction of sp³-hybridized carbons (Fsp3) is 0.375. The van der Waals surface area contributed by atoms with Crippen molar-refractivity contribution in [2.75, 3.05) is 44.8 Å². The summed E-state index contributed by atoms with van der Waals surface area (Å²) in [6, 6.07) is 10.2. The largest absolute Gasteiger partial charge is 0.497 e. The zero-order valence-electron chi connectivity index (χ0n) is 19.7. The second-order valence-corrected chi connectivity index (χ2v) is 10.0. The summed E-state index contributed by atoms with van der Waals surface area (Å²) in [6.07, 6.45) is 0. The third-order valence-corrected chi connectivity index (χ3v) is 7.88. The minimum atomic E-state index is -3.65. The van der Waals surface area contributed by atoms with Gasteiger partial charge < -0.3 is 14.4 Å². The lowest BCUT2D eigenvalue weighted by Crippen LogP contribution is -2.49. The Bertz CT molecular complexity index is 1320. The average Bonchev–Trinajstić information content (AvgIpc) is 2.84. The van der Waals surface area contributed by atoms with Crippen molar-refractivity contribution in [1.82, 2.24) is 14.3 Å². The second kappa shape index (κ2) is 9.55. The Morgan fingerprint density at radius 3 is 2.12 bits per heavy atom. The fourth-order valence-electron chi connectivity index (χ4n) is 3.90. The number of sulfonamides is 1. The molecule has 0 amide bonds. The molecule has 1 saturated heterocycles. The Balaban J connectivity index is 1.62. The van der Waals surface area contributed by atoms with Crippen LogP contribution in [0.3, 0.4) is 0 Å². The Hall–Kier alpha value is -3.24. The molecule has 10 heteroatoms. The highest BCUT2D eigenvalue weighted by molar-refractivity contribution is 7.89. The van der Waals surface area contributed by atoms with Crippen molar-refractivity contribution in [3.05, 3.63) is 53.2 Å². The maximum absolute atomic E-state index is 13.1. The summed E-state index contributed by atoms with van der Waals surface area (Å²) in [6.45, 7) is 7.18. The third-order valence-electron chi connectivity index (χ3n) is 5.97. The molecule has 0 aliphatic carbocycles. The fourth-order valence-corrected chi connectivity index (χ4v) is 5.32. The van der Waals surface area contributed by atoms with Crippen molar-refractivity contribution in [1.29, 1.82) is 0 Å². The van der Waals surface area contributed by atoms with Crippen LogP contribution in [0.4, 0.5) is 5.82 Å². The molecule has 3 aromatic rings. The molecular formula is C24H28N4O5S. The normalized spacial score (nSPS) is 14.9. The summed E-state index contributed by atoms with van der Waals surface area (Å²) in [5.74, 6) is 0.463. The van der Waals surface area contributed by atoms with Gasteiger partial charge in [0, 0.05) is 26.2 Å². The number of fused-ring (bicyclic) bond motifs is 1. The quantitative estimate of drug-likeness (QED) is 0.492. The van der Waals surface area contributed by atoms with Crippen molar-refractivity contribution in [3.63, 3.8) is 0 Å². The SMILES string of the molecule is CCOC(=O)c1nc2cc(C)c(C)cc2nc1N1CCN(S(=O)(=O)c2ccc(OC)cc2)CC1. The third kappa shape index (κ3) is 4.55. The molecule has 180 valence electrons. The van der Waals surface area contributed by atoms with E-state index >= 15 is 0 Å². The van der Waals surface area contributed by atoms with Crippen LogP contribution in [0.5, 0.6) is 5.75 Å². The van der Waals surface area contributed by atoms with Crippen molar-refractivity contribution >= 4 is 32.8 Å². The number of methoxy groups -OCH3 is 1. The number of carbonyl (C=O) groups excluding carboxylic acids is 1. The van der Waals surface area contributed by atoms with Crippen LogP contribution in [0.2, 0.25) is 0 Å². The lowest BCUT2D eigenvalue weighted by molar-refractivity contribution is 0.0520. The van der Waals surface area contributed by atoms with E-state index < -0.39 is 16.0 Å². The number of piperazine rings is 1. The van der Waals surface area contributed by atoms with E-state index in [2.05, 4.69) is 4.98 Å². The number of carbonyl (C=O) groups is 1. The minimum absolute atomic E-state index is 0.143. The molecule has 0 bridgehead atoms. The average molecular weight is 485 g/mol. The predicted molar refractivity (Wildman–Crippen MR) is 129 cm³/mol. The van der Waals surface area contributed by atoms with Crippen molar-refractivity contribution in [2.45, 2.75) is 25.7 Å². The van der Waals surface area contributed by atoms with Gasteiger partial charge in [-0.15, -0.1) is 0 Å². The molecule has 34 heavy (non-hydrogen) atoms. The number of hydrogen-bond acceptors (Lipinski definition) is 8. The molecule has 0 N–H and O–H groups in total. The molecule has 0 radical (unpaired) electrons. The van der Waals surface area contributed by atoms with Crippen LogP contribution < -0.4 is 9.64 Å². The van der Waals surface area contributed by atoms with E-state index in [-0.39, 0.29) is 30.3 Å². The van der Waals surface area contributed by atoms with Crippen molar-refractivity contribution in [2.24, 2.45) is 0 Å². The summed E-state index contributed by atoms with van der Waals surface area (Å²) in [4.78, 5) is 24.1. The molecule has 2 heterocycles. The molecule has 9 nitrogen and oxygen atoms in total. The van der Waals surface area contributed by atoms with E-state index in [0.29, 0.717) is 35.7 Å². The van der Waals surface area contributed by atoms with Crippen LogP contribution in [-0.2, 0) is 14.8 Å². The van der Waals surface area contributed by atoms with Gasteiger partial charge in [-0.2, -0.15) is 4.31 Å². The first-order valence-corrected chi connectivity index (χ1v) is 12.5. The lowest BCUT2D eigenvalue weighted by atomic mass is 10.1. The standard InChI is InChI=1S/C24H28N4O5S/c1-5-33-24(29)22-23(26-21-15-17(3)16(2)14-20(21)25-22)27-10-12-28(13-11-27)34(30,31)19-8-6-18(32-4)7-9-19/h6-9,14-15H,5,10-13H2,1-4H3. The first-order valence-electron chi connectivity index (χ1n) is 11.1. The smallest absolute Gasteiger partial charge is 0.360 e. The Labute approximate surface area is 199 Å². The monoisotopic (exact) mass is 484 g/mol. The van der Waals surface area contributed by atoms with E-state index in [4.69, 9.17) is 14.5 Å². The number of ether oxygens (including phenoxy) is 2. The number of aromatic nitrogens is 2. The van der Waals surface area contributed by atoms with Gasteiger partial charge in [0.25, 0.3) is 0 Å². The van der Waals surface area contributed by atoms with Crippen molar-refractivity contribution < 1.29 is 22.7 Å². The van der Waals surface area contributed by atoms with Crippen LogP contribution in [0.15, 0.2) is 41.3 Å². The Morgan fingerprint density at radius 1 is 0.971 bits per heavy atom. The number of hydrogen-bond donors (Lipinski definition) is 0. The van der Waals surface area contributed by atoms with Gasteiger partial charge in [0.1, 0.15) is 5.75 Å². The number of nitrogens with zero attached hydrogens (tertiary/aromatic N) is 4. The Kier molecular flexibility index (Phi) is 6.72. The summed E-state index contributed by atoms with van der Waals surface area (Å²) in [7, 11) is -2.12. The van der Waals surface area contributed by atoms with E-state index in [1.165, 1.54) is 11.4 Å². The molecule has 1 aliphatic heterocycles. The minimum Gasteiger partial charge on any atom is -0.497 e. The van der Waals surface area contributed by atoms with E-state index in [9.17, 15) is 13.2 Å². The van der Waals surface area contributed by atoms with Crippen LogP contribution in [-0.4, -0.2) is 68.6 Å². The van der Waals surface area contributed by atoms with E-state index in [1.807, 2.05) is 30.9 Å². The number of esters is 1. The van der Waals surface area contributed by atoms with Gasteiger partial charge in [-0.1, -0.05) is 0 Å². The topological polar surface area (TPSA) is 102 Å². The summed E-state index contributed by atoms with van der Waals surface area (Å²) < 4.78 is 38.0. The van der Waals surface area contributed by atoms with Crippen LogP contribution in [0.25, 0.3) is 11.0 Å². The van der Waals surface area contributed by atoms with Crippen LogP contribution in [0, 0.1) is 13.8 Å². The molecule has 0 saturated carbocycles. The maximum Gasteiger partial charge on any atom is 0.360 e. The van der Waals surface area contributed by atoms with E-state index in [0.717, 1.165) is 11.1 Å². The summed E-state index contributed by atoms with van der Waals surface area (Å²) in [5, 5.41) is 0. The molecule has 0 spiro atoms. The summed E-state index contributed by atoms with van der Waals surface area (Å²) in [5.41, 5.74) is 3.58. The van der Waals surface area contributed by atoms with Crippen molar-refractivity contribution in [3.8, 4) is 5.75 Å². The molecule has 2 aromatic carbocycles. The van der Waals surface area contributed by atoms with Gasteiger partial charge in [-0.05, 0) is 68.3 Å². The predicted octanol–water partition coefficient (Wildman–Crippen LogP) is 2.94. The number of anilines is 1. The number of aryl methyl sites for hydroxylation is 2. The van der Waals surface area contributed by atoms with Gasteiger partial charge in [0.2, 0.25) is 10.0 Å². The molecule has 0 unspecified atom stereocenters. The first-order chi connectivity index (χ1) is 16.2. The molecule has 1 aromatic heterocycles. The second-order valence-electron chi connectivity index (χ2n) is 8.11. The van der Waals surface area contributed by atoms with Crippen LogP contribution in [0.1, 0.15) is 28.5 Å².